The number of carbonyl (C=O) groups excluding carboxylic acids is 3. The highest BCUT2D eigenvalue weighted by molar-refractivity contribution is 6.36. The van der Waals surface area contributed by atoms with Crippen molar-refractivity contribution in [2.24, 2.45) is 0 Å². The Bertz CT molecular complexity index is 1040. The van der Waals surface area contributed by atoms with Crippen LogP contribution in [0.1, 0.15) is 27.2 Å². The molecule has 0 saturated heterocycles. The minimum absolute atomic E-state index is 0.000642. The fourth-order valence-corrected chi connectivity index (χ4v) is 4.13. The second-order valence-electron chi connectivity index (χ2n) is 8.14. The monoisotopic (exact) mass is 476 g/mol. The summed E-state index contributed by atoms with van der Waals surface area (Å²) in [7, 11) is 0. The average Bonchev–Trinajstić information content (AvgIpc) is 2.71. The number of fused-ring (bicyclic) bond motifs is 1. The lowest BCUT2D eigenvalue weighted by Crippen LogP contribution is -2.60. The summed E-state index contributed by atoms with van der Waals surface area (Å²) in [5.41, 5.74) is 0.604. The molecule has 0 aromatic heterocycles. The third-order valence-electron chi connectivity index (χ3n) is 5.23. The summed E-state index contributed by atoms with van der Waals surface area (Å²) in [6.07, 6.45) is 0.753. The summed E-state index contributed by atoms with van der Waals surface area (Å²) in [6.45, 7) is 5.90. The summed E-state index contributed by atoms with van der Waals surface area (Å²) < 4.78 is 0. The quantitative estimate of drug-likeness (QED) is 0.619. The van der Waals surface area contributed by atoms with Gasteiger partial charge in [-0.15, -0.1) is 0 Å². The summed E-state index contributed by atoms with van der Waals surface area (Å²) >= 11 is 12.0. The Morgan fingerprint density at radius 3 is 2.53 bits per heavy atom. The van der Waals surface area contributed by atoms with E-state index in [9.17, 15) is 14.4 Å². The van der Waals surface area contributed by atoms with Gasteiger partial charge in [-0.05, 0) is 57.1 Å². The van der Waals surface area contributed by atoms with Crippen molar-refractivity contribution >= 4 is 58.0 Å². The Hall–Kier alpha value is -2.61. The van der Waals surface area contributed by atoms with Gasteiger partial charge in [0.25, 0.3) is 0 Å². The molecule has 0 atom stereocenters. The van der Waals surface area contributed by atoms with Gasteiger partial charge in [0.2, 0.25) is 17.7 Å². The molecule has 32 heavy (non-hydrogen) atoms. The Balaban J connectivity index is 1.76. The Kier molecular flexibility index (Phi) is 7.44. The van der Waals surface area contributed by atoms with Crippen molar-refractivity contribution in [3.05, 3.63) is 52.5 Å². The molecule has 1 aliphatic rings. The van der Waals surface area contributed by atoms with Crippen LogP contribution in [0.3, 0.4) is 0 Å². The predicted molar refractivity (Wildman–Crippen MR) is 128 cm³/mol. The van der Waals surface area contributed by atoms with Crippen LogP contribution in [-0.4, -0.2) is 47.8 Å². The first-order chi connectivity index (χ1) is 15.1. The molecular weight excluding hydrogens is 451 g/mol. The summed E-state index contributed by atoms with van der Waals surface area (Å²) in [4.78, 5) is 41.9. The second kappa shape index (κ2) is 9.90. The van der Waals surface area contributed by atoms with E-state index in [0.717, 1.165) is 6.42 Å². The maximum Gasteiger partial charge on any atom is 0.250 e. The number of nitrogens with one attached hydrogen (secondary N) is 2. The number of carbonyl (C=O) groups is 3. The normalized spacial score (nSPS) is 14.7. The van der Waals surface area contributed by atoms with E-state index >= 15 is 0 Å². The second-order valence-corrected chi connectivity index (χ2v) is 8.99. The van der Waals surface area contributed by atoms with Crippen molar-refractivity contribution < 1.29 is 14.4 Å². The maximum absolute atomic E-state index is 13.4. The van der Waals surface area contributed by atoms with Crippen LogP contribution in [0.5, 0.6) is 0 Å². The van der Waals surface area contributed by atoms with Crippen molar-refractivity contribution in [2.45, 2.75) is 32.7 Å². The predicted octanol–water partition coefficient (Wildman–Crippen LogP) is 4.41. The maximum atomic E-state index is 13.4. The first-order valence-electron chi connectivity index (χ1n) is 10.3. The van der Waals surface area contributed by atoms with Gasteiger partial charge in [-0.25, -0.2) is 0 Å². The molecule has 9 heteroatoms. The van der Waals surface area contributed by atoms with Crippen LogP contribution in [0.15, 0.2) is 42.5 Å². The molecule has 2 N–H and O–H groups in total. The number of halogens is 2. The zero-order valence-electron chi connectivity index (χ0n) is 18.2. The fraction of sp³-hybridized carbons (Fsp3) is 0.348. The standard InChI is InChI=1S/C23H26Cl2N4O3/c1-4-11-28(13-20(30)26-17-10-9-15(24)12-16(17)25)14-21(31)29-19-8-6-5-7-18(19)27-22(32)23(29,2)3/h5-10,12H,4,11,13-14H2,1-3H3,(H,26,30)(H,27,32). The fourth-order valence-electron chi connectivity index (χ4n) is 3.67. The van der Waals surface area contributed by atoms with Crippen LogP contribution in [0.2, 0.25) is 10.0 Å². The first kappa shape index (κ1) is 24.0. The lowest BCUT2D eigenvalue weighted by Gasteiger charge is -2.42. The van der Waals surface area contributed by atoms with Crippen LogP contribution in [-0.2, 0) is 14.4 Å². The minimum atomic E-state index is -1.07. The van der Waals surface area contributed by atoms with E-state index in [0.29, 0.717) is 33.7 Å². The third kappa shape index (κ3) is 5.23. The van der Waals surface area contributed by atoms with E-state index in [2.05, 4.69) is 10.6 Å². The van der Waals surface area contributed by atoms with Crippen LogP contribution in [0, 0.1) is 0 Å². The van der Waals surface area contributed by atoms with Gasteiger partial charge in [0.15, 0.2) is 0 Å². The number of hydrogen-bond donors (Lipinski definition) is 2. The average molecular weight is 477 g/mol. The zero-order chi connectivity index (χ0) is 23.5. The molecule has 0 saturated carbocycles. The third-order valence-corrected chi connectivity index (χ3v) is 5.78. The molecule has 1 heterocycles. The summed E-state index contributed by atoms with van der Waals surface area (Å²) in [6, 6.07) is 12.0. The van der Waals surface area contributed by atoms with Crippen molar-refractivity contribution in [3.63, 3.8) is 0 Å². The van der Waals surface area contributed by atoms with E-state index in [1.165, 1.54) is 4.90 Å². The number of benzene rings is 2. The Morgan fingerprint density at radius 1 is 1.12 bits per heavy atom. The first-order valence-corrected chi connectivity index (χ1v) is 11.1. The molecule has 1 aliphatic heterocycles. The highest BCUT2D eigenvalue weighted by Gasteiger charge is 2.43. The summed E-state index contributed by atoms with van der Waals surface area (Å²) in [5.74, 6) is -0.823. The number of nitrogens with zero attached hydrogens (tertiary/aromatic N) is 2. The van der Waals surface area contributed by atoms with Crippen LogP contribution in [0.4, 0.5) is 17.1 Å². The van der Waals surface area contributed by atoms with Crippen LogP contribution >= 0.6 is 23.2 Å². The lowest BCUT2D eigenvalue weighted by molar-refractivity contribution is -0.127. The molecule has 170 valence electrons. The molecule has 7 nitrogen and oxygen atoms in total. The number of para-hydroxylation sites is 2. The SMILES string of the molecule is CCCN(CC(=O)Nc1ccc(Cl)cc1Cl)CC(=O)N1c2ccccc2NC(=O)C1(C)C. The Morgan fingerprint density at radius 2 is 1.84 bits per heavy atom. The number of rotatable bonds is 7. The smallest absolute Gasteiger partial charge is 0.250 e. The van der Waals surface area contributed by atoms with Gasteiger partial charge >= 0.3 is 0 Å². The summed E-state index contributed by atoms with van der Waals surface area (Å²) in [5, 5.41) is 6.41. The minimum Gasteiger partial charge on any atom is -0.324 e. The number of hydrogen-bond acceptors (Lipinski definition) is 4. The van der Waals surface area contributed by atoms with Gasteiger partial charge in [0.05, 0.1) is 35.2 Å². The molecule has 3 amide bonds. The molecular formula is C23H26Cl2N4O3. The van der Waals surface area contributed by atoms with Crippen LogP contribution in [0.25, 0.3) is 0 Å². The van der Waals surface area contributed by atoms with Crippen molar-refractivity contribution in [2.75, 3.05) is 35.2 Å². The van der Waals surface area contributed by atoms with Crippen molar-refractivity contribution in [3.8, 4) is 0 Å². The topological polar surface area (TPSA) is 81.8 Å². The van der Waals surface area contributed by atoms with E-state index in [-0.39, 0.29) is 30.8 Å². The lowest BCUT2D eigenvalue weighted by atomic mass is 9.96. The van der Waals surface area contributed by atoms with E-state index < -0.39 is 5.54 Å². The van der Waals surface area contributed by atoms with Crippen LogP contribution < -0.4 is 15.5 Å². The molecule has 0 unspecified atom stereocenters. The molecule has 2 aromatic carbocycles. The molecule has 0 spiro atoms. The van der Waals surface area contributed by atoms with E-state index in [1.807, 2.05) is 13.0 Å². The molecule has 2 aromatic rings. The van der Waals surface area contributed by atoms with Gasteiger partial charge < -0.3 is 10.6 Å². The number of anilines is 3. The molecule has 0 bridgehead atoms. The van der Waals surface area contributed by atoms with Gasteiger partial charge in [0.1, 0.15) is 5.54 Å². The highest BCUT2D eigenvalue weighted by atomic mass is 35.5. The molecule has 0 radical (unpaired) electrons. The number of amides is 3. The largest absolute Gasteiger partial charge is 0.324 e. The molecule has 3 rings (SSSR count). The Labute approximate surface area is 197 Å². The molecule has 0 fully saturated rings. The van der Waals surface area contributed by atoms with E-state index in [4.69, 9.17) is 23.2 Å². The van der Waals surface area contributed by atoms with Gasteiger partial charge in [-0.2, -0.15) is 0 Å². The van der Waals surface area contributed by atoms with Crippen molar-refractivity contribution in [1.82, 2.24) is 4.90 Å². The zero-order valence-corrected chi connectivity index (χ0v) is 19.8. The highest BCUT2D eigenvalue weighted by Crippen LogP contribution is 2.36. The van der Waals surface area contributed by atoms with Gasteiger partial charge in [0, 0.05) is 5.02 Å². The van der Waals surface area contributed by atoms with E-state index in [1.54, 1.807) is 55.1 Å². The molecule has 0 aliphatic carbocycles. The van der Waals surface area contributed by atoms with Gasteiger partial charge in [-0.1, -0.05) is 42.3 Å². The van der Waals surface area contributed by atoms with Crippen molar-refractivity contribution in [1.29, 1.82) is 0 Å². The van der Waals surface area contributed by atoms with Gasteiger partial charge in [-0.3, -0.25) is 24.2 Å².